The summed E-state index contributed by atoms with van der Waals surface area (Å²) in [5, 5.41) is 14.5. The van der Waals surface area contributed by atoms with E-state index in [1.807, 2.05) is 13.8 Å². The number of nitrogens with zero attached hydrogens (tertiary/aromatic N) is 3. The summed E-state index contributed by atoms with van der Waals surface area (Å²) < 4.78 is 26.2. The zero-order valence-electron chi connectivity index (χ0n) is 20.9. The van der Waals surface area contributed by atoms with Gasteiger partial charge in [-0.2, -0.15) is 0 Å². The van der Waals surface area contributed by atoms with E-state index in [2.05, 4.69) is 5.32 Å². The number of nitrogens with one attached hydrogen (secondary N) is 1. The van der Waals surface area contributed by atoms with Gasteiger partial charge >= 0.3 is 0 Å². The Balaban J connectivity index is 2.47. The van der Waals surface area contributed by atoms with Crippen LogP contribution in [0.4, 0.5) is 11.4 Å². The van der Waals surface area contributed by atoms with Crippen LogP contribution in [0.25, 0.3) is 0 Å². The number of sulfonamides is 1. The molecule has 2 rings (SSSR count). The van der Waals surface area contributed by atoms with Crippen molar-refractivity contribution >= 4 is 44.8 Å². The van der Waals surface area contributed by atoms with E-state index >= 15 is 0 Å². The summed E-state index contributed by atoms with van der Waals surface area (Å²) in [6.07, 6.45) is 0.912. The molecule has 0 fully saturated rings. The molecule has 0 aliphatic rings. The van der Waals surface area contributed by atoms with Crippen LogP contribution in [0.5, 0.6) is 0 Å². The monoisotopic (exact) mass is 538 g/mol. The van der Waals surface area contributed by atoms with E-state index in [0.29, 0.717) is 22.7 Å². The van der Waals surface area contributed by atoms with E-state index in [9.17, 15) is 28.1 Å². The molecule has 0 saturated carbocycles. The number of hydrogen-bond donors (Lipinski definition) is 1. The lowest BCUT2D eigenvalue weighted by Gasteiger charge is -2.32. The molecule has 36 heavy (non-hydrogen) atoms. The summed E-state index contributed by atoms with van der Waals surface area (Å²) in [6, 6.07) is 9.67. The first kappa shape index (κ1) is 29.1. The van der Waals surface area contributed by atoms with Gasteiger partial charge in [0, 0.05) is 30.2 Å². The third-order valence-electron chi connectivity index (χ3n) is 5.50. The smallest absolute Gasteiger partial charge is 0.271 e. The summed E-state index contributed by atoms with van der Waals surface area (Å²) in [4.78, 5) is 38.3. The van der Waals surface area contributed by atoms with Gasteiger partial charge in [0.2, 0.25) is 21.8 Å². The summed E-state index contributed by atoms with van der Waals surface area (Å²) in [7, 11) is -4.02. The molecule has 0 bridgehead atoms. The Bertz CT molecular complexity index is 1230. The Morgan fingerprint density at radius 1 is 1.14 bits per heavy atom. The molecule has 2 amide bonds. The van der Waals surface area contributed by atoms with Gasteiger partial charge in [0.05, 0.1) is 16.9 Å². The maximum absolute atomic E-state index is 13.6. The third-order valence-corrected chi connectivity index (χ3v) is 7.00. The number of aryl methyl sites for hydroxylation is 1. The molecule has 0 saturated heterocycles. The first-order chi connectivity index (χ1) is 16.7. The fourth-order valence-electron chi connectivity index (χ4n) is 3.42. The molecule has 2 aromatic carbocycles. The molecule has 1 atom stereocenters. The highest BCUT2D eigenvalue weighted by Gasteiger charge is 2.31. The van der Waals surface area contributed by atoms with Crippen LogP contribution in [0.3, 0.4) is 0 Å². The second kappa shape index (κ2) is 12.2. The molecular formula is C24H31ClN4O6S. The van der Waals surface area contributed by atoms with Gasteiger partial charge in [0.1, 0.15) is 12.6 Å². The quantitative estimate of drug-likeness (QED) is 0.344. The van der Waals surface area contributed by atoms with Crippen LogP contribution in [-0.4, -0.2) is 55.4 Å². The maximum Gasteiger partial charge on any atom is 0.271 e. The minimum Gasteiger partial charge on any atom is -0.354 e. The van der Waals surface area contributed by atoms with Gasteiger partial charge in [-0.25, -0.2) is 8.42 Å². The van der Waals surface area contributed by atoms with Crippen molar-refractivity contribution in [3.63, 3.8) is 0 Å². The molecular weight excluding hydrogens is 508 g/mol. The molecule has 196 valence electrons. The van der Waals surface area contributed by atoms with Gasteiger partial charge in [-0.3, -0.25) is 24.0 Å². The molecule has 0 unspecified atom stereocenters. The largest absolute Gasteiger partial charge is 0.354 e. The van der Waals surface area contributed by atoms with Crippen LogP contribution in [0.15, 0.2) is 42.5 Å². The summed E-state index contributed by atoms with van der Waals surface area (Å²) in [5.74, 6) is -0.883. The first-order valence-corrected chi connectivity index (χ1v) is 13.5. The fourth-order valence-corrected chi connectivity index (χ4v) is 4.51. The Morgan fingerprint density at radius 2 is 1.78 bits per heavy atom. The number of hydrogen-bond acceptors (Lipinski definition) is 6. The normalized spacial score (nSPS) is 12.2. The molecule has 1 N–H and O–H groups in total. The molecule has 0 aliphatic carbocycles. The van der Waals surface area contributed by atoms with Crippen molar-refractivity contribution in [1.82, 2.24) is 10.2 Å². The van der Waals surface area contributed by atoms with Crippen LogP contribution in [0.1, 0.15) is 31.9 Å². The number of halogens is 1. The highest BCUT2D eigenvalue weighted by molar-refractivity contribution is 7.92. The van der Waals surface area contributed by atoms with Crippen molar-refractivity contribution in [3.8, 4) is 0 Å². The molecule has 12 heteroatoms. The maximum atomic E-state index is 13.6. The highest BCUT2D eigenvalue weighted by Crippen LogP contribution is 2.28. The van der Waals surface area contributed by atoms with E-state index < -0.39 is 39.3 Å². The van der Waals surface area contributed by atoms with Crippen LogP contribution in [0, 0.1) is 23.0 Å². The van der Waals surface area contributed by atoms with E-state index in [1.54, 1.807) is 38.1 Å². The number of rotatable bonds is 11. The minimum atomic E-state index is -4.02. The van der Waals surface area contributed by atoms with Crippen molar-refractivity contribution in [2.75, 3.05) is 23.7 Å². The van der Waals surface area contributed by atoms with Crippen molar-refractivity contribution < 1.29 is 22.9 Å². The lowest BCUT2D eigenvalue weighted by Crippen LogP contribution is -2.51. The predicted molar refractivity (Wildman–Crippen MR) is 139 cm³/mol. The van der Waals surface area contributed by atoms with Crippen molar-refractivity contribution in [2.24, 2.45) is 5.92 Å². The summed E-state index contributed by atoms with van der Waals surface area (Å²) >= 11 is 6.29. The topological polar surface area (TPSA) is 130 Å². The highest BCUT2D eigenvalue weighted by atomic mass is 35.5. The van der Waals surface area contributed by atoms with E-state index in [4.69, 9.17) is 11.6 Å². The number of carbonyl (C=O) groups is 2. The molecule has 0 radical (unpaired) electrons. The molecule has 0 heterocycles. The second-order valence-electron chi connectivity index (χ2n) is 8.93. The average molecular weight is 539 g/mol. The lowest BCUT2D eigenvalue weighted by molar-refractivity contribution is -0.384. The molecule has 10 nitrogen and oxygen atoms in total. The summed E-state index contributed by atoms with van der Waals surface area (Å²) in [6.45, 7) is 6.71. The van der Waals surface area contributed by atoms with Gasteiger partial charge in [0.15, 0.2) is 0 Å². The third kappa shape index (κ3) is 7.66. The first-order valence-electron chi connectivity index (χ1n) is 11.3. The van der Waals surface area contributed by atoms with E-state index in [1.165, 1.54) is 17.0 Å². The Labute approximate surface area is 216 Å². The average Bonchev–Trinajstić information content (AvgIpc) is 2.79. The van der Waals surface area contributed by atoms with Crippen LogP contribution in [-0.2, 0) is 26.2 Å². The van der Waals surface area contributed by atoms with Crippen LogP contribution in [0.2, 0.25) is 5.02 Å². The Morgan fingerprint density at radius 3 is 2.33 bits per heavy atom. The van der Waals surface area contributed by atoms with Crippen LogP contribution >= 0.6 is 11.6 Å². The van der Waals surface area contributed by atoms with E-state index in [0.717, 1.165) is 16.6 Å². The lowest BCUT2D eigenvalue weighted by atomic mass is 10.1. The zero-order valence-corrected chi connectivity index (χ0v) is 22.5. The van der Waals surface area contributed by atoms with Crippen molar-refractivity contribution in [1.29, 1.82) is 0 Å². The number of carbonyl (C=O) groups excluding carboxylic acids is 2. The summed E-state index contributed by atoms with van der Waals surface area (Å²) in [5.41, 5.74) is 0.702. The van der Waals surface area contributed by atoms with E-state index in [-0.39, 0.29) is 23.8 Å². The number of anilines is 1. The van der Waals surface area contributed by atoms with Gasteiger partial charge in [0.25, 0.3) is 5.69 Å². The standard InChI is InChI=1S/C24H31ClN4O6S/c1-16(2)13-26-24(31)18(4)27(14-19-8-6-7-9-21(19)25)23(30)15-28(36(5,34)35)22-12-20(29(32)33)11-10-17(22)3/h6-12,16,18H,13-15H2,1-5H3,(H,26,31)/t18-/m1/s1. The molecule has 2 aromatic rings. The van der Waals surface area contributed by atoms with Gasteiger partial charge in [-0.1, -0.05) is 49.7 Å². The Hall–Kier alpha value is -3.18. The fraction of sp³-hybridized carbons (Fsp3) is 0.417. The molecule has 0 aromatic heterocycles. The minimum absolute atomic E-state index is 0.00894. The van der Waals surface area contributed by atoms with Crippen molar-refractivity contribution in [2.45, 2.75) is 40.3 Å². The van der Waals surface area contributed by atoms with Gasteiger partial charge in [-0.15, -0.1) is 0 Å². The Kier molecular flexibility index (Phi) is 9.83. The predicted octanol–water partition coefficient (Wildman–Crippen LogP) is 3.51. The second-order valence-corrected chi connectivity index (χ2v) is 11.2. The number of nitro benzene ring substituents is 1. The number of benzene rings is 2. The SMILES string of the molecule is Cc1ccc([N+](=O)[O-])cc1N(CC(=O)N(Cc1ccccc1Cl)[C@H](C)C(=O)NCC(C)C)S(C)(=O)=O. The van der Waals surface area contributed by atoms with Crippen molar-refractivity contribution in [3.05, 3.63) is 68.7 Å². The number of non-ortho nitro benzene ring substituents is 1. The zero-order chi connectivity index (χ0) is 27.2. The molecule has 0 spiro atoms. The number of amides is 2. The van der Waals surface area contributed by atoms with Crippen LogP contribution < -0.4 is 9.62 Å². The van der Waals surface area contributed by atoms with Gasteiger partial charge < -0.3 is 10.2 Å². The van der Waals surface area contributed by atoms with Gasteiger partial charge in [-0.05, 0) is 37.0 Å². The number of nitro groups is 1. The molecule has 0 aliphatic heterocycles.